The molecule has 0 unspecified atom stereocenters. The van der Waals surface area contributed by atoms with Gasteiger partial charge in [-0.1, -0.05) is 6.07 Å². The smallest absolute Gasteiger partial charge is 0.270 e. The average Bonchev–Trinajstić information content (AvgIpc) is 3.02. The Kier molecular flexibility index (Phi) is 5.03. The Balaban J connectivity index is 1.74. The van der Waals surface area contributed by atoms with Crippen molar-refractivity contribution >= 4 is 40.0 Å². The van der Waals surface area contributed by atoms with Gasteiger partial charge in [-0.25, -0.2) is 0 Å². The number of anilines is 1. The Morgan fingerprint density at radius 2 is 2.12 bits per heavy atom. The van der Waals surface area contributed by atoms with E-state index >= 15 is 0 Å². The first-order valence-corrected chi connectivity index (χ1v) is 8.29. The van der Waals surface area contributed by atoms with E-state index in [0.717, 1.165) is 5.69 Å². The third-order valence-corrected chi connectivity index (χ3v) is 4.28. The summed E-state index contributed by atoms with van der Waals surface area (Å²) in [5.74, 6) is -0.0839. The fraction of sp³-hybridized carbons (Fsp3) is 0.0625. The summed E-state index contributed by atoms with van der Waals surface area (Å²) in [4.78, 5) is 26.9. The lowest BCUT2D eigenvalue weighted by Gasteiger charge is -2.05. The molecule has 0 fully saturated rings. The molecular formula is C16H12IN5O3. The normalized spacial score (nSPS) is 10.4. The van der Waals surface area contributed by atoms with E-state index < -0.39 is 10.8 Å². The van der Waals surface area contributed by atoms with Gasteiger partial charge >= 0.3 is 0 Å². The SMILES string of the molecule is O=C(Nc1ccn(Cc2ccccn2)n1)c1cc([N+](=O)[O-])ccc1I. The van der Waals surface area contributed by atoms with Gasteiger partial charge in [0.05, 0.1) is 22.7 Å². The standard InChI is InChI=1S/C16H12IN5O3/c17-14-5-4-12(22(24)25)9-13(14)16(23)19-15-6-8-21(20-15)10-11-3-1-2-7-18-11/h1-9H,10H2,(H,19,20,23). The number of nitro groups is 1. The summed E-state index contributed by atoms with van der Waals surface area (Å²) in [6.07, 6.45) is 3.43. The maximum atomic E-state index is 12.4. The molecule has 0 radical (unpaired) electrons. The topological polar surface area (TPSA) is 103 Å². The molecule has 126 valence electrons. The number of carbonyl (C=O) groups is 1. The minimum atomic E-state index is -0.533. The third kappa shape index (κ3) is 4.18. The van der Waals surface area contributed by atoms with E-state index in [2.05, 4.69) is 15.4 Å². The number of hydrogen-bond donors (Lipinski definition) is 1. The van der Waals surface area contributed by atoms with Gasteiger partial charge in [0, 0.05) is 34.2 Å². The number of benzene rings is 1. The van der Waals surface area contributed by atoms with Crippen molar-refractivity contribution in [3.63, 3.8) is 0 Å². The van der Waals surface area contributed by atoms with E-state index in [0.29, 0.717) is 15.9 Å². The molecule has 9 heteroatoms. The molecule has 2 heterocycles. The quantitative estimate of drug-likeness (QED) is 0.367. The van der Waals surface area contributed by atoms with Crippen molar-refractivity contribution in [3.8, 4) is 0 Å². The number of hydrogen-bond acceptors (Lipinski definition) is 5. The van der Waals surface area contributed by atoms with E-state index in [4.69, 9.17) is 0 Å². The molecule has 8 nitrogen and oxygen atoms in total. The van der Waals surface area contributed by atoms with Crippen molar-refractivity contribution in [1.82, 2.24) is 14.8 Å². The lowest BCUT2D eigenvalue weighted by atomic mass is 10.2. The zero-order valence-electron chi connectivity index (χ0n) is 12.8. The second-order valence-electron chi connectivity index (χ2n) is 5.10. The van der Waals surface area contributed by atoms with Crippen molar-refractivity contribution in [3.05, 3.63) is 79.8 Å². The lowest BCUT2D eigenvalue weighted by Crippen LogP contribution is -2.14. The van der Waals surface area contributed by atoms with Gasteiger partial charge in [0.25, 0.3) is 11.6 Å². The van der Waals surface area contributed by atoms with Crippen molar-refractivity contribution < 1.29 is 9.72 Å². The maximum absolute atomic E-state index is 12.4. The molecule has 0 spiro atoms. The van der Waals surface area contributed by atoms with Gasteiger partial charge in [0.15, 0.2) is 5.82 Å². The second-order valence-corrected chi connectivity index (χ2v) is 6.26. The van der Waals surface area contributed by atoms with Crippen LogP contribution in [0.2, 0.25) is 0 Å². The lowest BCUT2D eigenvalue weighted by molar-refractivity contribution is -0.384. The summed E-state index contributed by atoms with van der Waals surface area (Å²) in [6, 6.07) is 11.4. The first-order chi connectivity index (χ1) is 12.0. The van der Waals surface area contributed by atoms with Gasteiger partial charge in [-0.2, -0.15) is 5.10 Å². The molecule has 1 aromatic carbocycles. The Hall–Kier alpha value is -2.82. The van der Waals surface area contributed by atoms with E-state index in [-0.39, 0.29) is 11.3 Å². The first kappa shape index (κ1) is 17.0. The highest BCUT2D eigenvalue weighted by atomic mass is 127. The average molecular weight is 449 g/mol. The number of aromatic nitrogens is 3. The maximum Gasteiger partial charge on any atom is 0.270 e. The van der Waals surface area contributed by atoms with E-state index in [1.165, 1.54) is 18.2 Å². The molecule has 0 saturated carbocycles. The molecule has 0 atom stereocenters. The van der Waals surface area contributed by atoms with E-state index in [1.54, 1.807) is 23.1 Å². The summed E-state index contributed by atoms with van der Waals surface area (Å²) in [5, 5.41) is 17.8. The molecular weight excluding hydrogens is 437 g/mol. The number of halogens is 1. The number of carbonyl (C=O) groups excluding carboxylic acids is 1. The van der Waals surface area contributed by atoms with Crippen LogP contribution in [0.4, 0.5) is 11.5 Å². The van der Waals surface area contributed by atoms with Gasteiger partial charge < -0.3 is 5.32 Å². The Bertz CT molecular complexity index is 927. The largest absolute Gasteiger partial charge is 0.305 e. The first-order valence-electron chi connectivity index (χ1n) is 7.21. The van der Waals surface area contributed by atoms with Gasteiger partial charge in [-0.05, 0) is 40.8 Å². The number of nitro benzene ring substituents is 1. The molecule has 1 amide bonds. The van der Waals surface area contributed by atoms with E-state index in [9.17, 15) is 14.9 Å². The van der Waals surface area contributed by atoms with Crippen LogP contribution in [0.25, 0.3) is 0 Å². The molecule has 1 N–H and O–H groups in total. The zero-order chi connectivity index (χ0) is 17.8. The van der Waals surface area contributed by atoms with Crippen LogP contribution in [0.1, 0.15) is 16.1 Å². The highest BCUT2D eigenvalue weighted by Gasteiger charge is 2.16. The zero-order valence-corrected chi connectivity index (χ0v) is 15.0. The van der Waals surface area contributed by atoms with Crippen LogP contribution in [0, 0.1) is 13.7 Å². The number of pyridine rings is 1. The van der Waals surface area contributed by atoms with Crippen LogP contribution in [0.15, 0.2) is 54.9 Å². The van der Waals surface area contributed by atoms with Crippen molar-refractivity contribution in [2.45, 2.75) is 6.54 Å². The van der Waals surface area contributed by atoms with Gasteiger partial charge in [-0.3, -0.25) is 24.6 Å². The van der Waals surface area contributed by atoms with Gasteiger partial charge in [0.1, 0.15) is 0 Å². The summed E-state index contributed by atoms with van der Waals surface area (Å²) < 4.78 is 2.27. The predicted octanol–water partition coefficient (Wildman–Crippen LogP) is 3.09. The second kappa shape index (κ2) is 7.38. The minimum Gasteiger partial charge on any atom is -0.305 e. The number of amides is 1. The molecule has 0 bridgehead atoms. The summed E-state index contributed by atoms with van der Waals surface area (Å²) in [6.45, 7) is 0.477. The Morgan fingerprint density at radius 1 is 1.28 bits per heavy atom. The number of nitrogens with one attached hydrogen (secondary N) is 1. The van der Waals surface area contributed by atoms with Crippen LogP contribution >= 0.6 is 22.6 Å². The van der Waals surface area contributed by atoms with Crippen molar-refractivity contribution in [2.24, 2.45) is 0 Å². The Labute approximate surface area is 156 Å². The number of non-ortho nitro benzene ring substituents is 1. The highest BCUT2D eigenvalue weighted by molar-refractivity contribution is 14.1. The molecule has 2 aromatic heterocycles. The summed E-state index contributed by atoms with van der Waals surface area (Å²) in [7, 11) is 0. The third-order valence-electron chi connectivity index (χ3n) is 3.34. The molecule has 25 heavy (non-hydrogen) atoms. The van der Waals surface area contributed by atoms with Crippen molar-refractivity contribution in [1.29, 1.82) is 0 Å². The van der Waals surface area contributed by atoms with Crippen LogP contribution < -0.4 is 5.32 Å². The van der Waals surface area contributed by atoms with Gasteiger partial charge in [-0.15, -0.1) is 0 Å². The molecule has 0 aliphatic rings. The summed E-state index contributed by atoms with van der Waals surface area (Å²) >= 11 is 1.96. The predicted molar refractivity (Wildman–Crippen MR) is 99.3 cm³/mol. The monoisotopic (exact) mass is 449 g/mol. The van der Waals surface area contributed by atoms with Crippen LogP contribution in [-0.4, -0.2) is 25.6 Å². The number of nitrogens with zero attached hydrogens (tertiary/aromatic N) is 4. The molecule has 0 aliphatic heterocycles. The van der Waals surface area contributed by atoms with Crippen molar-refractivity contribution in [2.75, 3.05) is 5.32 Å². The molecule has 3 rings (SSSR count). The minimum absolute atomic E-state index is 0.133. The molecule has 3 aromatic rings. The van der Waals surface area contributed by atoms with Crippen LogP contribution in [0.5, 0.6) is 0 Å². The fourth-order valence-electron chi connectivity index (χ4n) is 2.16. The summed E-state index contributed by atoms with van der Waals surface area (Å²) in [5.41, 5.74) is 0.942. The van der Waals surface area contributed by atoms with E-state index in [1.807, 2.05) is 40.8 Å². The Morgan fingerprint density at radius 3 is 2.84 bits per heavy atom. The fourth-order valence-corrected chi connectivity index (χ4v) is 2.74. The van der Waals surface area contributed by atoms with Gasteiger partial charge in [0.2, 0.25) is 0 Å². The van der Waals surface area contributed by atoms with Crippen LogP contribution in [-0.2, 0) is 6.54 Å². The van der Waals surface area contributed by atoms with Crippen LogP contribution in [0.3, 0.4) is 0 Å². The molecule has 0 aliphatic carbocycles. The highest BCUT2D eigenvalue weighted by Crippen LogP contribution is 2.20. The number of rotatable bonds is 5. The molecule has 0 saturated heterocycles.